The summed E-state index contributed by atoms with van der Waals surface area (Å²) in [4.78, 5) is 0. The fourth-order valence-corrected chi connectivity index (χ4v) is 26.8. The second-order valence-corrected chi connectivity index (χ2v) is 22.0. The molecule has 4 nitrogen and oxygen atoms in total. The van der Waals surface area contributed by atoms with E-state index in [2.05, 4.69) is 41.5 Å². The van der Waals surface area contributed by atoms with Gasteiger partial charge in [0.1, 0.15) is 0 Å². The van der Waals surface area contributed by atoms with E-state index in [1.165, 1.54) is 96.3 Å². The Morgan fingerprint density at radius 2 is 0.758 bits per heavy atom. The Labute approximate surface area is 213 Å². The monoisotopic (exact) mass is 560 g/mol. The summed E-state index contributed by atoms with van der Waals surface area (Å²) in [6, 6.07) is 0. The molecule has 0 aromatic carbocycles. The Kier molecular flexibility index (Phi) is 11.6. The van der Waals surface area contributed by atoms with Gasteiger partial charge in [-0.25, -0.2) is 0 Å². The van der Waals surface area contributed by atoms with Crippen molar-refractivity contribution in [3.8, 4) is 0 Å². The van der Waals surface area contributed by atoms with Crippen molar-refractivity contribution in [2.45, 2.75) is 173 Å². The minimum atomic E-state index is -4.30. The first kappa shape index (κ1) is 28.5. The Balaban J connectivity index is 2.10. The van der Waals surface area contributed by atoms with Crippen molar-refractivity contribution in [1.82, 2.24) is 0 Å². The van der Waals surface area contributed by atoms with Crippen molar-refractivity contribution in [3.63, 3.8) is 0 Å². The normalized spacial score (nSPS) is 23.2. The summed E-state index contributed by atoms with van der Waals surface area (Å²) in [5.74, 6) is 0. The van der Waals surface area contributed by atoms with Gasteiger partial charge in [-0.05, 0) is 0 Å². The number of rotatable bonds is 11. The topological polar surface area (TPSA) is 36.9 Å². The van der Waals surface area contributed by atoms with Crippen LogP contribution < -0.4 is 0 Å². The molecule has 194 valence electrons. The van der Waals surface area contributed by atoms with Gasteiger partial charge in [0.15, 0.2) is 0 Å². The molecule has 0 aromatic rings. The van der Waals surface area contributed by atoms with Gasteiger partial charge in [-0.15, -0.1) is 0 Å². The summed E-state index contributed by atoms with van der Waals surface area (Å²) in [5.41, 5.74) is 2.28. The first-order chi connectivity index (χ1) is 15.8. The third-order valence-corrected chi connectivity index (χ3v) is 24.4. The molecule has 0 atom stereocenters. The van der Waals surface area contributed by atoms with Crippen LogP contribution >= 0.6 is 0 Å². The van der Waals surface area contributed by atoms with E-state index >= 15 is 0 Å². The molecule has 0 bridgehead atoms. The third-order valence-electron chi connectivity index (χ3n) is 8.17. The van der Waals surface area contributed by atoms with Gasteiger partial charge in [0, 0.05) is 0 Å². The minimum absolute atomic E-state index is 0.0640. The fourth-order valence-electron chi connectivity index (χ4n) is 7.15. The average molecular weight is 562 g/mol. The molecule has 3 aliphatic carbocycles. The average Bonchev–Trinajstić information content (AvgIpc) is 2.78. The van der Waals surface area contributed by atoms with Gasteiger partial charge in [0.25, 0.3) is 0 Å². The Morgan fingerprint density at radius 3 is 1.00 bits per heavy atom. The Morgan fingerprint density at radius 1 is 0.485 bits per heavy atom. The number of hydrogen-bond acceptors (Lipinski definition) is 4. The quantitative estimate of drug-likeness (QED) is 0.236. The van der Waals surface area contributed by atoms with E-state index in [-0.39, 0.29) is 18.3 Å². The van der Waals surface area contributed by atoms with E-state index in [1.54, 1.807) is 0 Å². The van der Waals surface area contributed by atoms with Crippen LogP contribution in [0.2, 0.25) is 16.6 Å². The first-order valence-corrected chi connectivity index (χ1v) is 20.7. The van der Waals surface area contributed by atoms with Crippen LogP contribution in [0.1, 0.15) is 138 Å². The molecule has 0 aromatic heterocycles. The van der Waals surface area contributed by atoms with Gasteiger partial charge >= 0.3 is 214 Å². The Hall–Kier alpha value is 0.940. The molecule has 0 radical (unpaired) electrons. The maximum atomic E-state index is 7.86. The molecular weight excluding hydrogens is 508 g/mol. The van der Waals surface area contributed by atoms with Gasteiger partial charge in [0.05, 0.1) is 0 Å². The van der Waals surface area contributed by atoms with Crippen molar-refractivity contribution < 1.29 is 33.0 Å². The predicted molar refractivity (Wildman–Crippen MR) is 136 cm³/mol. The molecule has 6 heteroatoms. The molecule has 0 spiro atoms. The zero-order valence-corrected chi connectivity index (χ0v) is 26.2. The third kappa shape index (κ3) is 7.71. The summed E-state index contributed by atoms with van der Waals surface area (Å²) in [6.07, 6.45) is 20.9. The van der Waals surface area contributed by atoms with E-state index in [0.717, 1.165) is 16.6 Å². The molecule has 0 aliphatic heterocycles. The van der Waals surface area contributed by atoms with Gasteiger partial charge in [-0.1, -0.05) is 0 Å². The molecule has 0 unspecified atom stereocenters. The molecule has 0 heterocycles. The summed E-state index contributed by atoms with van der Waals surface area (Å²) in [6.45, 7) is 12.8. The van der Waals surface area contributed by atoms with Crippen LogP contribution in [0, 0.1) is 0 Å². The SMILES string of the molecule is CC(C)[O][Zr]([O]C(C)C)([O]C(C)C)[O][Si](C1CCCCC1)(C1CCCCC1)C1CCCCC1. The van der Waals surface area contributed by atoms with E-state index < -0.39 is 30.3 Å². The number of hydrogen-bond donors (Lipinski definition) is 0. The fraction of sp³-hybridized carbons (Fsp3) is 1.00. The zero-order chi connectivity index (χ0) is 23.9. The van der Waals surface area contributed by atoms with Crippen LogP contribution in [0.3, 0.4) is 0 Å². The van der Waals surface area contributed by atoms with E-state index in [1.807, 2.05) is 0 Å². The summed E-state index contributed by atoms with van der Waals surface area (Å²) >= 11 is -4.30. The summed E-state index contributed by atoms with van der Waals surface area (Å²) < 4.78 is 28.2. The van der Waals surface area contributed by atoms with E-state index in [4.69, 9.17) is 10.9 Å². The van der Waals surface area contributed by atoms with E-state index in [0.29, 0.717) is 0 Å². The molecule has 33 heavy (non-hydrogen) atoms. The van der Waals surface area contributed by atoms with Crippen LogP contribution in [0.15, 0.2) is 0 Å². The van der Waals surface area contributed by atoms with Crippen molar-refractivity contribution in [1.29, 1.82) is 0 Å². The predicted octanol–water partition coefficient (Wildman–Crippen LogP) is 9.04. The molecular formula is C27H54O4SiZr. The van der Waals surface area contributed by atoms with Crippen molar-refractivity contribution >= 4 is 8.32 Å². The Bertz CT molecular complexity index is 480. The van der Waals surface area contributed by atoms with Gasteiger partial charge in [-0.3, -0.25) is 0 Å². The molecule has 0 amide bonds. The molecule has 3 saturated carbocycles. The van der Waals surface area contributed by atoms with E-state index in [9.17, 15) is 0 Å². The van der Waals surface area contributed by atoms with Gasteiger partial charge in [0.2, 0.25) is 0 Å². The standard InChI is InChI=1S/C18H33OSi.3C3H7O.Zr/c19-20(16-10-4-1-5-11-16,17-12-6-2-7-13-17)18-14-8-3-9-15-18;3*1-3(2)4;/h16-18H,1-15H2;3*3H,1-2H3;/q4*-1;+4. The molecule has 0 saturated heterocycles. The molecule has 0 N–H and O–H groups in total. The summed E-state index contributed by atoms with van der Waals surface area (Å²) in [7, 11) is -2.21. The second-order valence-electron chi connectivity index (χ2n) is 12.0. The molecule has 3 aliphatic rings. The van der Waals surface area contributed by atoms with Gasteiger partial charge < -0.3 is 0 Å². The second kappa shape index (κ2) is 13.5. The molecule has 3 fully saturated rings. The molecule has 3 rings (SSSR count). The van der Waals surface area contributed by atoms with Crippen molar-refractivity contribution in [3.05, 3.63) is 0 Å². The zero-order valence-electron chi connectivity index (χ0n) is 22.7. The van der Waals surface area contributed by atoms with Crippen LogP contribution in [-0.4, -0.2) is 26.6 Å². The van der Waals surface area contributed by atoms with Crippen LogP contribution in [0.4, 0.5) is 0 Å². The van der Waals surface area contributed by atoms with Gasteiger partial charge in [-0.2, -0.15) is 0 Å². The van der Waals surface area contributed by atoms with Crippen LogP contribution in [0.25, 0.3) is 0 Å². The summed E-state index contributed by atoms with van der Waals surface area (Å²) in [5, 5.41) is 0. The van der Waals surface area contributed by atoms with Crippen molar-refractivity contribution in [2.75, 3.05) is 0 Å². The van der Waals surface area contributed by atoms with Crippen LogP contribution in [0.5, 0.6) is 0 Å². The first-order valence-electron chi connectivity index (χ1n) is 14.5. The maximum absolute atomic E-state index is 7.86. The van der Waals surface area contributed by atoms with Crippen LogP contribution in [-0.2, 0) is 33.0 Å². The van der Waals surface area contributed by atoms with Crippen molar-refractivity contribution in [2.24, 2.45) is 0 Å².